The first kappa shape index (κ1) is 33.1. The highest BCUT2D eigenvalue weighted by molar-refractivity contribution is 7.86. The zero-order valence-corrected chi connectivity index (χ0v) is 28.2. The van der Waals surface area contributed by atoms with Gasteiger partial charge < -0.3 is 5.32 Å². The van der Waals surface area contributed by atoms with Crippen LogP contribution in [0.3, 0.4) is 0 Å². The molecule has 0 aliphatic carbocycles. The van der Waals surface area contributed by atoms with Crippen molar-refractivity contribution in [2.75, 3.05) is 5.32 Å². The number of nitrogens with zero attached hydrogens (tertiary/aromatic N) is 4. The van der Waals surface area contributed by atoms with Crippen molar-refractivity contribution < 1.29 is 35.5 Å². The third-order valence-corrected chi connectivity index (χ3v) is 10.8. The van der Waals surface area contributed by atoms with Crippen LogP contribution < -0.4 is 5.32 Å². The molecule has 6 aromatic rings. The number of rotatable bonds is 9. The first-order valence-corrected chi connectivity index (χ1v) is 18.4. The van der Waals surface area contributed by atoms with E-state index in [1.807, 2.05) is 37.3 Å². The molecule has 0 aliphatic heterocycles. The highest BCUT2D eigenvalue weighted by Crippen LogP contribution is 2.38. The molecule has 0 bridgehead atoms. The van der Waals surface area contributed by atoms with Crippen LogP contribution in [0.25, 0.3) is 41.6 Å². The Morgan fingerprint density at radius 3 is 2.00 bits per heavy atom. The first-order valence-electron chi connectivity index (χ1n) is 13.9. The number of benzene rings is 4. The Bertz CT molecular complexity index is 2540. The van der Waals surface area contributed by atoms with Crippen molar-refractivity contribution in [3.63, 3.8) is 0 Å². The molecule has 1 amide bonds. The van der Waals surface area contributed by atoms with Crippen LogP contribution in [0.4, 0.5) is 17.1 Å². The number of nitrogens with one attached hydrogen (secondary N) is 1. The van der Waals surface area contributed by atoms with E-state index in [0.29, 0.717) is 16.1 Å². The van der Waals surface area contributed by atoms with E-state index in [-0.39, 0.29) is 17.1 Å². The highest BCUT2D eigenvalue weighted by atomic mass is 32.2. The van der Waals surface area contributed by atoms with Gasteiger partial charge in [-0.2, -0.15) is 21.9 Å². The monoisotopic (exact) mass is 721 g/mol. The summed E-state index contributed by atoms with van der Waals surface area (Å²) in [6, 6.07) is 19.1. The largest absolute Gasteiger partial charge is 0.324 e. The van der Waals surface area contributed by atoms with Gasteiger partial charge in [-0.1, -0.05) is 6.07 Å². The van der Waals surface area contributed by atoms with Crippen molar-refractivity contribution in [3.8, 4) is 21.1 Å². The van der Waals surface area contributed by atoms with Gasteiger partial charge in [0, 0.05) is 11.1 Å². The number of azo groups is 1. The summed E-state index contributed by atoms with van der Waals surface area (Å²) in [7, 11) is -9.58. The lowest BCUT2D eigenvalue weighted by atomic mass is 10.2. The molecule has 0 saturated heterocycles. The molecule has 0 fully saturated rings. The molecule has 0 atom stereocenters. The maximum Gasteiger partial charge on any atom is 0.296 e. The minimum absolute atomic E-state index is 0.0453. The van der Waals surface area contributed by atoms with E-state index in [1.54, 1.807) is 17.4 Å². The summed E-state index contributed by atoms with van der Waals surface area (Å²) in [6.45, 7) is 3.20. The van der Waals surface area contributed by atoms with Crippen molar-refractivity contribution in [3.05, 3.63) is 78.4 Å². The topological polar surface area (TPSA) is 205 Å². The van der Waals surface area contributed by atoms with Gasteiger partial charge in [0.2, 0.25) is 5.91 Å². The summed E-state index contributed by atoms with van der Waals surface area (Å²) in [5.74, 6) is -1.31. The zero-order valence-electron chi connectivity index (χ0n) is 24.9. The minimum atomic E-state index is -4.80. The van der Waals surface area contributed by atoms with Crippen LogP contribution in [0.15, 0.2) is 92.8 Å². The highest BCUT2D eigenvalue weighted by Gasteiger charge is 2.21. The van der Waals surface area contributed by atoms with Crippen LogP contribution in [0.2, 0.25) is 0 Å². The Hall–Kier alpha value is -4.78. The average Bonchev–Trinajstić information content (AvgIpc) is 3.62. The lowest BCUT2D eigenvalue weighted by Crippen LogP contribution is -2.16. The SMILES string of the molecule is CC(=O)CC(=O)Nc1cc(N=Nc2ccc(-c3nc4ccc(-c5nc6ccc(C)cc6s5)cc4s3)cc2S(=O)(=O)O)ccc1S(=O)(=O)O. The third kappa shape index (κ3) is 7.20. The predicted octanol–water partition coefficient (Wildman–Crippen LogP) is 7.37. The number of amides is 1. The third-order valence-electron chi connectivity index (χ3n) is 6.86. The summed E-state index contributed by atoms with van der Waals surface area (Å²) in [6.07, 6.45) is -0.542. The molecular weight excluding hydrogens is 699 g/mol. The fourth-order valence-corrected chi connectivity index (χ4v) is 8.05. The molecule has 0 radical (unpaired) electrons. The lowest BCUT2D eigenvalue weighted by molar-refractivity contribution is -0.124. The van der Waals surface area contributed by atoms with Crippen molar-refractivity contribution in [2.24, 2.45) is 10.2 Å². The molecule has 0 aliphatic rings. The van der Waals surface area contributed by atoms with Crippen molar-refractivity contribution in [1.29, 1.82) is 0 Å². The Morgan fingerprint density at radius 1 is 0.750 bits per heavy atom. The molecular formula is C31H23N5O8S4. The molecule has 0 unspecified atom stereocenters. The number of aromatic nitrogens is 2. The molecule has 244 valence electrons. The van der Waals surface area contributed by atoms with Crippen molar-refractivity contribution in [1.82, 2.24) is 9.97 Å². The fraction of sp³-hybridized carbons (Fsp3) is 0.0968. The number of hydrogen-bond acceptors (Lipinski definition) is 12. The molecule has 4 aromatic carbocycles. The molecule has 0 saturated carbocycles. The number of carbonyl (C=O) groups is 2. The Kier molecular flexibility index (Phi) is 8.75. The van der Waals surface area contributed by atoms with Gasteiger partial charge in [0.25, 0.3) is 20.2 Å². The van der Waals surface area contributed by atoms with Crippen LogP contribution >= 0.6 is 22.7 Å². The lowest BCUT2D eigenvalue weighted by Gasteiger charge is -2.09. The Labute approximate surface area is 281 Å². The van der Waals surface area contributed by atoms with E-state index in [2.05, 4.69) is 26.6 Å². The molecule has 2 aromatic heterocycles. The number of hydrogen-bond donors (Lipinski definition) is 3. The molecule has 2 heterocycles. The van der Waals surface area contributed by atoms with Crippen LogP contribution in [0.1, 0.15) is 18.9 Å². The second kappa shape index (κ2) is 12.7. The Morgan fingerprint density at radius 2 is 1.35 bits per heavy atom. The van der Waals surface area contributed by atoms with Gasteiger partial charge in [-0.15, -0.1) is 27.8 Å². The van der Waals surface area contributed by atoms with Crippen molar-refractivity contribution >= 4 is 92.1 Å². The fourth-order valence-electron chi connectivity index (χ4n) is 4.71. The summed E-state index contributed by atoms with van der Waals surface area (Å²) in [4.78, 5) is 31.6. The molecule has 3 N–H and O–H groups in total. The summed E-state index contributed by atoms with van der Waals surface area (Å²) < 4.78 is 69.9. The zero-order chi connectivity index (χ0) is 34.4. The van der Waals surface area contributed by atoms with E-state index in [9.17, 15) is 35.5 Å². The van der Waals surface area contributed by atoms with Crippen LogP contribution in [-0.4, -0.2) is 47.6 Å². The normalized spacial score (nSPS) is 12.2. The maximum absolute atomic E-state index is 12.4. The van der Waals surface area contributed by atoms with Gasteiger partial charge >= 0.3 is 0 Å². The van der Waals surface area contributed by atoms with Gasteiger partial charge in [-0.25, -0.2) is 9.97 Å². The van der Waals surface area contributed by atoms with Crippen LogP contribution in [0.5, 0.6) is 0 Å². The number of fused-ring (bicyclic) bond motifs is 2. The molecule has 0 spiro atoms. The molecule has 48 heavy (non-hydrogen) atoms. The van der Waals surface area contributed by atoms with Gasteiger partial charge in [0.1, 0.15) is 31.3 Å². The standard InChI is InChI=1S/C31H23N5O8S4/c1-16-3-7-21-25(11-16)45-30(33-21)18-4-8-22-26(13-18)46-31(34-22)19-5-9-23(28(14-19)48(42,43)44)36-35-20-6-10-27(47(39,40)41)24(15-20)32-29(38)12-17(2)37/h3-11,13-15H,12H2,1-2H3,(H,32,38)(H,39,40,41)(H,42,43,44). The van der Waals surface area contributed by atoms with Gasteiger partial charge in [-0.3, -0.25) is 18.7 Å². The first-order chi connectivity index (χ1) is 22.6. The van der Waals surface area contributed by atoms with Gasteiger partial charge in [-0.05, 0) is 86.1 Å². The molecule has 13 nitrogen and oxygen atoms in total. The maximum atomic E-state index is 12.4. The number of ketones is 1. The van der Waals surface area contributed by atoms with Gasteiger partial charge in [0.05, 0.1) is 38.2 Å². The molecule has 17 heteroatoms. The van der Waals surface area contributed by atoms with Crippen molar-refractivity contribution in [2.45, 2.75) is 30.1 Å². The number of carbonyl (C=O) groups excluding carboxylic acids is 2. The smallest absolute Gasteiger partial charge is 0.296 e. The summed E-state index contributed by atoms with van der Waals surface area (Å²) in [5.41, 5.74) is 3.40. The van der Waals surface area contributed by atoms with E-state index in [0.717, 1.165) is 49.3 Å². The van der Waals surface area contributed by atoms with Crippen LogP contribution in [0, 0.1) is 6.92 Å². The second-order valence-corrected chi connectivity index (χ2v) is 15.5. The van der Waals surface area contributed by atoms with E-state index >= 15 is 0 Å². The van der Waals surface area contributed by atoms with Crippen LogP contribution in [-0.2, 0) is 29.8 Å². The number of Topliss-reactive ketones (excluding diaryl/α,β-unsaturated/α-hetero) is 1. The average molecular weight is 722 g/mol. The van der Waals surface area contributed by atoms with E-state index in [4.69, 9.17) is 4.98 Å². The van der Waals surface area contributed by atoms with E-state index < -0.39 is 48.1 Å². The number of thiazole rings is 2. The Balaban J connectivity index is 1.32. The number of aryl methyl sites for hydroxylation is 1. The predicted molar refractivity (Wildman–Crippen MR) is 183 cm³/mol. The quantitative estimate of drug-likeness (QED) is 0.0767. The second-order valence-electron chi connectivity index (χ2n) is 10.6. The summed E-state index contributed by atoms with van der Waals surface area (Å²) in [5, 5.41) is 11.4. The van der Waals surface area contributed by atoms with Gasteiger partial charge in [0.15, 0.2) is 0 Å². The molecule has 6 rings (SSSR count). The summed E-state index contributed by atoms with van der Waals surface area (Å²) >= 11 is 2.91. The number of anilines is 1. The van der Waals surface area contributed by atoms with E-state index in [1.165, 1.54) is 30.4 Å². The minimum Gasteiger partial charge on any atom is -0.324 e.